The number of anilines is 1. The molecule has 9 nitrogen and oxygen atoms in total. The number of hydrogen-bond donors (Lipinski definition) is 1. The highest BCUT2D eigenvalue weighted by atomic mass is 79.9. The van der Waals surface area contributed by atoms with Crippen LogP contribution in [0.5, 0.6) is 0 Å². The first-order valence-corrected chi connectivity index (χ1v) is 17.8. The highest BCUT2D eigenvalue weighted by Gasteiger charge is 2.52. The second kappa shape index (κ2) is 14.1. The zero-order valence-corrected chi connectivity index (χ0v) is 29.1. The van der Waals surface area contributed by atoms with Crippen molar-refractivity contribution in [3.8, 4) is 0 Å². The van der Waals surface area contributed by atoms with E-state index in [4.69, 9.17) is 4.74 Å². The lowest BCUT2D eigenvalue weighted by Crippen LogP contribution is -2.69. The Morgan fingerprint density at radius 3 is 2.40 bits per heavy atom. The molecule has 1 N–H and O–H groups in total. The maximum absolute atomic E-state index is 14.0. The number of piperidine rings is 3. The van der Waals surface area contributed by atoms with Gasteiger partial charge in [0.1, 0.15) is 18.6 Å². The second-order valence-electron chi connectivity index (χ2n) is 13.1. The predicted molar refractivity (Wildman–Crippen MR) is 181 cm³/mol. The van der Waals surface area contributed by atoms with Crippen LogP contribution in [-0.2, 0) is 22.7 Å². The van der Waals surface area contributed by atoms with Crippen molar-refractivity contribution in [1.82, 2.24) is 19.6 Å². The van der Waals surface area contributed by atoms with Gasteiger partial charge in [-0.2, -0.15) is 0 Å². The largest absolute Gasteiger partial charge is 0.445 e. The van der Waals surface area contributed by atoms with E-state index >= 15 is 0 Å². The Morgan fingerprint density at radius 1 is 0.978 bits per heavy atom. The lowest BCUT2D eigenvalue weighted by Gasteiger charge is -2.57. The van der Waals surface area contributed by atoms with E-state index in [9.17, 15) is 14.4 Å². The molecule has 45 heavy (non-hydrogen) atoms. The van der Waals surface area contributed by atoms with Crippen LogP contribution in [0.25, 0.3) is 0 Å². The molecule has 3 saturated heterocycles. The van der Waals surface area contributed by atoms with Crippen molar-refractivity contribution in [3.05, 3.63) is 62.5 Å². The van der Waals surface area contributed by atoms with Crippen molar-refractivity contribution in [2.45, 2.75) is 69.8 Å². The number of benzene rings is 2. The Morgan fingerprint density at radius 2 is 1.69 bits per heavy atom. The lowest BCUT2D eigenvalue weighted by atomic mass is 9.77. The maximum Gasteiger partial charge on any atom is 0.411 e. The van der Waals surface area contributed by atoms with E-state index in [1.165, 1.54) is 12.8 Å². The van der Waals surface area contributed by atoms with Gasteiger partial charge in [-0.05, 0) is 125 Å². The van der Waals surface area contributed by atoms with Crippen LogP contribution in [0.3, 0.4) is 0 Å². The number of para-hydroxylation sites is 1. The smallest absolute Gasteiger partial charge is 0.411 e. The molecule has 0 aliphatic carbocycles. The molecular weight excluding hydrogens is 702 g/mol. The van der Waals surface area contributed by atoms with Gasteiger partial charge in [0.05, 0.1) is 0 Å². The number of amides is 3. The van der Waals surface area contributed by atoms with Crippen LogP contribution < -0.4 is 5.32 Å². The molecule has 3 amide bonds. The summed E-state index contributed by atoms with van der Waals surface area (Å²) in [6, 6.07) is 13.4. The highest BCUT2D eigenvalue weighted by Crippen LogP contribution is 2.42. The van der Waals surface area contributed by atoms with Gasteiger partial charge in [-0.25, -0.2) is 9.59 Å². The number of rotatable bonds is 7. The Kier molecular flexibility index (Phi) is 10.2. The number of carbonyl (C=O) groups excluding carboxylic acids is 3. The third-order valence-corrected chi connectivity index (χ3v) is 12.5. The Bertz CT molecular complexity index is 1390. The number of fused-ring (bicyclic) bond motifs is 1. The van der Waals surface area contributed by atoms with Gasteiger partial charge in [0, 0.05) is 59.7 Å². The summed E-state index contributed by atoms with van der Waals surface area (Å²) in [7, 11) is 2.20. The number of nitrogens with zero attached hydrogens (tertiary/aromatic N) is 4. The van der Waals surface area contributed by atoms with Crippen LogP contribution in [-0.4, -0.2) is 89.5 Å². The van der Waals surface area contributed by atoms with E-state index in [1.54, 1.807) is 4.90 Å². The van der Waals surface area contributed by atoms with Crippen molar-refractivity contribution in [2.24, 2.45) is 11.8 Å². The molecule has 2 atom stereocenters. The summed E-state index contributed by atoms with van der Waals surface area (Å²) in [5.74, 6) is 1.39. The zero-order valence-electron chi connectivity index (χ0n) is 25.9. The maximum atomic E-state index is 14.0. The molecule has 6 rings (SSSR count). The van der Waals surface area contributed by atoms with Gasteiger partial charge in [-0.3, -0.25) is 9.80 Å². The van der Waals surface area contributed by atoms with E-state index in [2.05, 4.69) is 54.0 Å². The quantitative estimate of drug-likeness (QED) is 0.318. The average Bonchev–Trinajstić information content (AvgIpc) is 3.05. The van der Waals surface area contributed by atoms with Crippen LogP contribution >= 0.6 is 31.9 Å². The molecule has 0 unspecified atom stereocenters. The van der Waals surface area contributed by atoms with Crippen LogP contribution in [0, 0.1) is 11.8 Å². The van der Waals surface area contributed by atoms with E-state index in [-0.39, 0.29) is 25.1 Å². The lowest BCUT2D eigenvalue weighted by molar-refractivity contribution is -0.129. The topological polar surface area (TPSA) is 85.4 Å². The molecule has 242 valence electrons. The fourth-order valence-electron chi connectivity index (χ4n) is 8.02. The summed E-state index contributed by atoms with van der Waals surface area (Å²) in [6.45, 7) is 4.97. The molecule has 0 radical (unpaired) electrons. The number of ether oxygens (including phenoxy) is 1. The summed E-state index contributed by atoms with van der Waals surface area (Å²) in [4.78, 5) is 48.3. The van der Waals surface area contributed by atoms with Gasteiger partial charge in [0.2, 0.25) is 0 Å². The van der Waals surface area contributed by atoms with Gasteiger partial charge >= 0.3 is 12.1 Å². The summed E-state index contributed by atoms with van der Waals surface area (Å²) in [5, 5.41) is 3.06. The van der Waals surface area contributed by atoms with Crippen molar-refractivity contribution in [3.63, 3.8) is 0 Å². The second-order valence-corrected chi connectivity index (χ2v) is 14.8. The molecule has 3 fully saturated rings. The SMILES string of the molecule is CN1CCC(C2CCN([C@]3(CC=O)C[C@H](N4Cc5ccccc5NC4=O)CCN3C(=O)OCc3ccc(Br)c(Br)c3)CC2)CC1. The number of likely N-dealkylation sites (tertiary alicyclic amines) is 3. The van der Waals surface area contributed by atoms with Crippen LogP contribution in [0.15, 0.2) is 51.4 Å². The van der Waals surface area contributed by atoms with Gasteiger partial charge < -0.3 is 24.6 Å². The minimum atomic E-state index is -0.864. The Labute approximate surface area is 282 Å². The van der Waals surface area contributed by atoms with Crippen molar-refractivity contribution < 1.29 is 19.1 Å². The van der Waals surface area contributed by atoms with Crippen molar-refractivity contribution in [1.29, 1.82) is 0 Å². The standard InChI is InChI=1S/C34H43Br2N5O4/c1-38-14-8-25(9-15-38)26-10-16-39(17-11-26)34(13-19-42)21-28(40-22-27-4-2-3-5-31(27)37-32(40)43)12-18-41(34)33(44)45-23-24-6-7-29(35)30(36)20-24/h2-7,19-20,25-26,28H,8-18,21-23H2,1H3,(H,37,43)/t28-,34+/m1/s1. The van der Waals surface area contributed by atoms with Gasteiger partial charge in [-0.1, -0.05) is 24.3 Å². The number of carbonyl (C=O) groups is 3. The molecule has 2 aromatic carbocycles. The van der Waals surface area contributed by atoms with Crippen molar-refractivity contribution >= 4 is 56.0 Å². The summed E-state index contributed by atoms with van der Waals surface area (Å²) < 4.78 is 7.76. The monoisotopic (exact) mass is 743 g/mol. The molecular formula is C34H43Br2N5O4. The minimum absolute atomic E-state index is 0.128. The first kappa shape index (κ1) is 32.5. The summed E-state index contributed by atoms with van der Waals surface area (Å²) in [5.41, 5.74) is 1.92. The normalized spacial score (nSPS) is 25.5. The van der Waals surface area contributed by atoms with Crippen molar-refractivity contribution in [2.75, 3.05) is 45.1 Å². The van der Waals surface area contributed by atoms with E-state index in [1.807, 2.05) is 47.4 Å². The number of nitrogens with one attached hydrogen (secondary N) is 1. The molecule has 0 spiro atoms. The highest BCUT2D eigenvalue weighted by molar-refractivity contribution is 9.13. The van der Waals surface area contributed by atoms with Gasteiger partial charge in [0.25, 0.3) is 0 Å². The van der Waals surface area contributed by atoms with E-state index in [0.717, 1.165) is 77.0 Å². The van der Waals surface area contributed by atoms with Crippen LogP contribution in [0.4, 0.5) is 15.3 Å². The minimum Gasteiger partial charge on any atom is -0.445 e. The third-order valence-electron chi connectivity index (χ3n) is 10.6. The number of halogens is 2. The molecule has 11 heteroatoms. The van der Waals surface area contributed by atoms with Crippen LogP contribution in [0.2, 0.25) is 0 Å². The Hall–Kier alpha value is -2.47. The fourth-order valence-corrected chi connectivity index (χ4v) is 8.69. The predicted octanol–water partition coefficient (Wildman–Crippen LogP) is 6.70. The van der Waals surface area contributed by atoms with E-state index in [0.29, 0.717) is 31.8 Å². The molecule has 2 aromatic rings. The summed E-state index contributed by atoms with van der Waals surface area (Å²) in [6.07, 6.45) is 6.38. The fraction of sp³-hybridized carbons (Fsp3) is 0.559. The molecule has 4 aliphatic rings. The number of aldehydes is 1. The zero-order chi connectivity index (χ0) is 31.6. The molecule has 0 saturated carbocycles. The molecule has 4 aliphatic heterocycles. The summed E-state index contributed by atoms with van der Waals surface area (Å²) >= 11 is 7.03. The first-order chi connectivity index (χ1) is 21.8. The van der Waals surface area contributed by atoms with Gasteiger partial charge in [0.15, 0.2) is 0 Å². The molecule has 4 heterocycles. The Balaban J connectivity index is 1.24. The third kappa shape index (κ3) is 6.96. The van der Waals surface area contributed by atoms with Gasteiger partial charge in [-0.15, -0.1) is 0 Å². The average molecular weight is 746 g/mol. The number of urea groups is 1. The molecule has 0 bridgehead atoms. The van der Waals surface area contributed by atoms with E-state index < -0.39 is 11.8 Å². The first-order valence-electron chi connectivity index (χ1n) is 16.2. The van der Waals surface area contributed by atoms with Crippen LogP contribution in [0.1, 0.15) is 56.1 Å². The number of hydrogen-bond acceptors (Lipinski definition) is 6. The molecule has 0 aromatic heterocycles.